The molecular formula is C71H67NO. The highest BCUT2D eigenvalue weighted by atomic mass is 16.3. The highest BCUT2D eigenvalue weighted by molar-refractivity contribution is 6.11. The summed E-state index contributed by atoms with van der Waals surface area (Å²) in [6.45, 7) is 22.4. The second-order valence-corrected chi connectivity index (χ2v) is 21.0. The molecule has 1 heterocycles. The van der Waals surface area contributed by atoms with Gasteiger partial charge >= 0.3 is 0 Å². The van der Waals surface area contributed by atoms with Gasteiger partial charge in [-0.1, -0.05) is 203 Å². The van der Waals surface area contributed by atoms with Gasteiger partial charge in [0.15, 0.2) is 0 Å². The van der Waals surface area contributed by atoms with E-state index in [-0.39, 0.29) is 5.41 Å². The van der Waals surface area contributed by atoms with Crippen LogP contribution in [0.5, 0.6) is 0 Å². The fourth-order valence-electron chi connectivity index (χ4n) is 11.1. The maximum atomic E-state index is 6.45. The standard InChI is InChI=1S/C46H37NO.C18H22.C7H8/c1-28-18-21-39-40(24-28)46(4,5)41-27-42(35-14-8-9-16-38(35)45(39)41)47(31-19-22-34(30(3)25-31)33-13-7-6-12-29(33)2)32-20-23-37-36-15-10-11-17-43(36)48-44(37)26-32;1-13(2)16-10-11-18(15(4)12-16)17-9-7-5-6-8-14(17)3;1-7-5-3-2-4-6-7/h6-27H,1-5H3;5-8,10-13H,9H2,1-4H3;2-6H,1H3. The van der Waals surface area contributed by atoms with Crippen molar-refractivity contribution in [3.8, 4) is 22.3 Å². The molecule has 0 unspecified atom stereocenters. The summed E-state index contributed by atoms with van der Waals surface area (Å²) in [5.41, 5.74) is 25.2. The van der Waals surface area contributed by atoms with Crippen molar-refractivity contribution >= 4 is 55.3 Å². The van der Waals surface area contributed by atoms with Crippen LogP contribution in [0.3, 0.4) is 0 Å². The molecule has 362 valence electrons. The van der Waals surface area contributed by atoms with E-state index in [0.29, 0.717) is 5.92 Å². The van der Waals surface area contributed by atoms with E-state index in [2.05, 4.69) is 256 Å². The maximum Gasteiger partial charge on any atom is 0.137 e. The molecule has 0 aliphatic heterocycles. The number of nitrogens with zero attached hydrogens (tertiary/aromatic N) is 1. The van der Waals surface area contributed by atoms with E-state index in [9.17, 15) is 0 Å². The Morgan fingerprint density at radius 2 is 1.10 bits per heavy atom. The van der Waals surface area contributed by atoms with Crippen LogP contribution >= 0.6 is 0 Å². The number of aryl methyl sites for hydroxylation is 5. The highest BCUT2D eigenvalue weighted by Crippen LogP contribution is 2.55. The number of anilines is 3. The molecule has 12 rings (SSSR count). The van der Waals surface area contributed by atoms with Gasteiger partial charge in [0, 0.05) is 39.0 Å². The SMILES string of the molecule is CC1=C(c2ccc(C(C)C)cc2C)CC=CC=C1.Cc1ccc2c(c1)C(C)(C)c1cc(N(c3ccc(-c4ccccc4C)c(C)c3)c3ccc4c(c3)oc3ccccc34)c3ccccc3c1-2.Cc1ccccc1. The third-order valence-corrected chi connectivity index (χ3v) is 15.2. The molecule has 0 amide bonds. The van der Waals surface area contributed by atoms with E-state index < -0.39 is 0 Å². The van der Waals surface area contributed by atoms with Crippen molar-refractivity contribution in [3.05, 3.63) is 262 Å². The Morgan fingerprint density at radius 1 is 0.466 bits per heavy atom. The first-order chi connectivity index (χ1) is 35.3. The predicted octanol–water partition coefficient (Wildman–Crippen LogP) is 20.5. The fourth-order valence-corrected chi connectivity index (χ4v) is 11.1. The van der Waals surface area contributed by atoms with Crippen LogP contribution in [0, 0.1) is 34.6 Å². The number of benzene rings is 9. The number of para-hydroxylation sites is 1. The van der Waals surface area contributed by atoms with Crippen LogP contribution in [0.1, 0.15) is 97.0 Å². The molecule has 0 saturated carbocycles. The van der Waals surface area contributed by atoms with Crippen LogP contribution in [0.15, 0.2) is 216 Å². The normalized spacial score (nSPS) is 13.4. The summed E-state index contributed by atoms with van der Waals surface area (Å²) in [5, 5.41) is 4.78. The lowest BCUT2D eigenvalue weighted by atomic mass is 9.81. The first-order valence-electron chi connectivity index (χ1n) is 26.0. The smallest absolute Gasteiger partial charge is 0.137 e. The Bertz CT molecular complexity index is 3780. The molecule has 0 atom stereocenters. The number of allylic oxidation sites excluding steroid dienone is 6. The molecule has 1 aromatic heterocycles. The number of hydrogen-bond acceptors (Lipinski definition) is 2. The zero-order valence-corrected chi connectivity index (χ0v) is 44.3. The molecule has 9 aromatic carbocycles. The molecule has 2 aliphatic rings. The molecule has 2 heteroatoms. The minimum absolute atomic E-state index is 0.144. The Balaban J connectivity index is 0.000000201. The Hall–Kier alpha value is -7.94. The van der Waals surface area contributed by atoms with Crippen LogP contribution in [0.25, 0.3) is 60.5 Å². The molecular weight excluding hydrogens is 883 g/mol. The summed E-state index contributed by atoms with van der Waals surface area (Å²) < 4.78 is 6.45. The van der Waals surface area contributed by atoms with Gasteiger partial charge in [0.25, 0.3) is 0 Å². The zero-order chi connectivity index (χ0) is 51.0. The van der Waals surface area contributed by atoms with E-state index in [1.54, 1.807) is 0 Å². The quantitative estimate of drug-likeness (QED) is 0.165. The average Bonchev–Trinajstić information content (AvgIpc) is 3.76. The lowest BCUT2D eigenvalue weighted by molar-refractivity contribution is 0.660. The van der Waals surface area contributed by atoms with Gasteiger partial charge in [0.05, 0.1) is 5.69 Å². The molecule has 73 heavy (non-hydrogen) atoms. The summed E-state index contributed by atoms with van der Waals surface area (Å²) in [6.07, 6.45) is 9.72. The van der Waals surface area contributed by atoms with Crippen LogP contribution in [0.4, 0.5) is 17.1 Å². The van der Waals surface area contributed by atoms with Gasteiger partial charge < -0.3 is 9.32 Å². The monoisotopic (exact) mass is 950 g/mol. The Kier molecular flexibility index (Phi) is 13.5. The number of furan rings is 1. The van der Waals surface area contributed by atoms with Gasteiger partial charge in [-0.25, -0.2) is 0 Å². The number of hydrogen-bond donors (Lipinski definition) is 0. The average molecular weight is 950 g/mol. The van der Waals surface area contributed by atoms with Crippen molar-refractivity contribution in [2.75, 3.05) is 4.90 Å². The second-order valence-electron chi connectivity index (χ2n) is 21.0. The molecule has 0 spiro atoms. The van der Waals surface area contributed by atoms with Crippen LogP contribution < -0.4 is 4.90 Å². The first kappa shape index (κ1) is 48.7. The van der Waals surface area contributed by atoms with E-state index >= 15 is 0 Å². The highest BCUT2D eigenvalue weighted by Gasteiger charge is 2.38. The van der Waals surface area contributed by atoms with Gasteiger partial charge in [-0.05, 0) is 168 Å². The largest absolute Gasteiger partial charge is 0.456 e. The minimum atomic E-state index is -0.144. The van der Waals surface area contributed by atoms with Crippen LogP contribution in [-0.4, -0.2) is 0 Å². The van der Waals surface area contributed by atoms with Gasteiger partial charge in [-0.15, -0.1) is 0 Å². The molecule has 0 N–H and O–H groups in total. The third kappa shape index (κ3) is 9.51. The fraction of sp³-hybridized carbons (Fsp3) is 0.183. The lowest BCUT2D eigenvalue weighted by Crippen LogP contribution is -2.17. The van der Waals surface area contributed by atoms with Crippen molar-refractivity contribution in [3.63, 3.8) is 0 Å². The summed E-state index contributed by atoms with van der Waals surface area (Å²) >= 11 is 0. The topological polar surface area (TPSA) is 16.4 Å². The van der Waals surface area contributed by atoms with Crippen LogP contribution in [-0.2, 0) is 5.41 Å². The van der Waals surface area contributed by atoms with Crippen molar-refractivity contribution < 1.29 is 4.42 Å². The summed E-state index contributed by atoms with van der Waals surface area (Å²) in [4.78, 5) is 2.44. The molecule has 2 aliphatic carbocycles. The predicted molar refractivity (Wildman–Crippen MR) is 315 cm³/mol. The number of rotatable bonds is 6. The Morgan fingerprint density at radius 3 is 1.82 bits per heavy atom. The summed E-state index contributed by atoms with van der Waals surface area (Å²) in [5.74, 6) is 0.599. The van der Waals surface area contributed by atoms with Crippen molar-refractivity contribution in [1.29, 1.82) is 0 Å². The molecule has 0 radical (unpaired) electrons. The molecule has 0 saturated heterocycles. The van der Waals surface area contributed by atoms with Crippen molar-refractivity contribution in [2.45, 2.75) is 87.0 Å². The lowest BCUT2D eigenvalue weighted by Gasteiger charge is -2.30. The summed E-state index contributed by atoms with van der Waals surface area (Å²) in [7, 11) is 0. The van der Waals surface area contributed by atoms with Gasteiger partial charge in [-0.3, -0.25) is 0 Å². The number of fused-ring (bicyclic) bond motifs is 8. The third-order valence-electron chi connectivity index (χ3n) is 15.2. The summed E-state index contributed by atoms with van der Waals surface area (Å²) in [6, 6.07) is 66.0. The van der Waals surface area contributed by atoms with Gasteiger partial charge in [0.1, 0.15) is 11.2 Å². The second kappa shape index (κ2) is 20.3. The van der Waals surface area contributed by atoms with E-state index in [0.717, 1.165) is 39.7 Å². The molecule has 0 fully saturated rings. The van der Waals surface area contributed by atoms with Crippen molar-refractivity contribution in [2.24, 2.45) is 0 Å². The zero-order valence-electron chi connectivity index (χ0n) is 44.3. The molecule has 2 nitrogen and oxygen atoms in total. The Labute approximate surface area is 433 Å². The van der Waals surface area contributed by atoms with Crippen LogP contribution in [0.2, 0.25) is 0 Å². The van der Waals surface area contributed by atoms with E-state index in [1.807, 2.05) is 24.3 Å². The van der Waals surface area contributed by atoms with E-state index in [4.69, 9.17) is 4.42 Å². The van der Waals surface area contributed by atoms with Crippen molar-refractivity contribution in [1.82, 2.24) is 0 Å². The van der Waals surface area contributed by atoms with Gasteiger partial charge in [0.2, 0.25) is 0 Å². The maximum absolute atomic E-state index is 6.45. The van der Waals surface area contributed by atoms with E-state index in [1.165, 1.54) is 99.9 Å². The molecule has 0 bridgehead atoms. The molecule has 10 aromatic rings. The minimum Gasteiger partial charge on any atom is -0.456 e. The first-order valence-corrected chi connectivity index (χ1v) is 26.0. The van der Waals surface area contributed by atoms with Gasteiger partial charge in [-0.2, -0.15) is 0 Å².